The molecular formula is C13H25NO. The molecule has 0 N–H and O–H groups in total. The standard InChI is InChI=1S/C13H25NO/c1-12(2,3)10-7-11(15)9-14(8-10)13(4,5)6/h10H,7-9H2,1-6H3/t10-/m0/s1. The maximum absolute atomic E-state index is 11.7. The summed E-state index contributed by atoms with van der Waals surface area (Å²) in [5.41, 5.74) is 0.346. The lowest BCUT2D eigenvalue weighted by atomic mass is 9.75. The van der Waals surface area contributed by atoms with Gasteiger partial charge in [0.2, 0.25) is 0 Å². The fourth-order valence-corrected chi connectivity index (χ4v) is 2.04. The molecule has 1 aliphatic rings. The fraction of sp³-hybridized carbons (Fsp3) is 0.923. The van der Waals surface area contributed by atoms with E-state index in [0.717, 1.165) is 13.0 Å². The van der Waals surface area contributed by atoms with Gasteiger partial charge in [0.1, 0.15) is 5.78 Å². The summed E-state index contributed by atoms with van der Waals surface area (Å²) in [7, 11) is 0. The van der Waals surface area contributed by atoms with Gasteiger partial charge in [-0.2, -0.15) is 0 Å². The molecule has 0 aromatic carbocycles. The molecule has 0 saturated carbocycles. The number of carbonyl (C=O) groups excluding carboxylic acids is 1. The van der Waals surface area contributed by atoms with Crippen molar-refractivity contribution in [2.45, 2.75) is 53.5 Å². The lowest BCUT2D eigenvalue weighted by Gasteiger charge is -2.44. The number of Topliss-reactive ketones (excluding diaryl/α,β-unsaturated/α-hetero) is 1. The number of ketones is 1. The third kappa shape index (κ3) is 3.30. The minimum absolute atomic E-state index is 0.111. The second kappa shape index (κ2) is 3.89. The quantitative estimate of drug-likeness (QED) is 0.614. The van der Waals surface area contributed by atoms with Gasteiger partial charge < -0.3 is 0 Å². The van der Waals surface area contributed by atoms with Gasteiger partial charge in [0.05, 0.1) is 6.54 Å². The lowest BCUT2D eigenvalue weighted by molar-refractivity contribution is -0.128. The van der Waals surface area contributed by atoms with Crippen LogP contribution in [0.2, 0.25) is 0 Å². The van der Waals surface area contributed by atoms with Crippen LogP contribution in [-0.4, -0.2) is 29.3 Å². The molecule has 0 unspecified atom stereocenters. The van der Waals surface area contributed by atoms with Crippen molar-refractivity contribution in [2.24, 2.45) is 11.3 Å². The lowest BCUT2D eigenvalue weighted by Crippen LogP contribution is -2.52. The molecule has 88 valence electrons. The van der Waals surface area contributed by atoms with Gasteiger partial charge in [-0.1, -0.05) is 20.8 Å². The smallest absolute Gasteiger partial charge is 0.147 e. The van der Waals surface area contributed by atoms with Crippen LogP contribution in [0.4, 0.5) is 0 Å². The van der Waals surface area contributed by atoms with E-state index < -0.39 is 0 Å². The first-order valence-corrected chi connectivity index (χ1v) is 5.87. The number of nitrogens with zero attached hydrogens (tertiary/aromatic N) is 1. The highest BCUT2D eigenvalue weighted by Gasteiger charge is 2.36. The number of hydrogen-bond acceptors (Lipinski definition) is 2. The molecule has 0 amide bonds. The highest BCUT2D eigenvalue weighted by Crippen LogP contribution is 2.34. The van der Waals surface area contributed by atoms with Crippen molar-refractivity contribution in [1.82, 2.24) is 4.90 Å². The fourth-order valence-electron chi connectivity index (χ4n) is 2.04. The summed E-state index contributed by atoms with van der Waals surface area (Å²) in [6.45, 7) is 14.9. The second-order valence-corrected chi connectivity index (χ2v) is 6.86. The van der Waals surface area contributed by atoms with Crippen molar-refractivity contribution in [3.8, 4) is 0 Å². The Morgan fingerprint density at radius 1 is 1.13 bits per heavy atom. The van der Waals surface area contributed by atoms with Gasteiger partial charge in [-0.15, -0.1) is 0 Å². The Hall–Kier alpha value is -0.370. The van der Waals surface area contributed by atoms with Gasteiger partial charge in [0.15, 0.2) is 0 Å². The van der Waals surface area contributed by atoms with Crippen LogP contribution in [-0.2, 0) is 4.79 Å². The van der Waals surface area contributed by atoms with E-state index in [2.05, 4.69) is 46.4 Å². The highest BCUT2D eigenvalue weighted by molar-refractivity contribution is 5.81. The summed E-state index contributed by atoms with van der Waals surface area (Å²) in [6, 6.07) is 0. The monoisotopic (exact) mass is 211 g/mol. The molecule has 2 heteroatoms. The molecule has 0 radical (unpaired) electrons. The molecule has 0 aromatic heterocycles. The maximum atomic E-state index is 11.7. The second-order valence-electron chi connectivity index (χ2n) is 6.86. The van der Waals surface area contributed by atoms with Crippen LogP contribution >= 0.6 is 0 Å². The van der Waals surface area contributed by atoms with E-state index in [1.165, 1.54) is 0 Å². The third-order valence-electron chi connectivity index (χ3n) is 3.46. The van der Waals surface area contributed by atoms with E-state index in [9.17, 15) is 4.79 Å². The zero-order chi connectivity index (χ0) is 11.9. The van der Waals surface area contributed by atoms with Crippen molar-refractivity contribution >= 4 is 5.78 Å². The van der Waals surface area contributed by atoms with Crippen LogP contribution in [0.25, 0.3) is 0 Å². The van der Waals surface area contributed by atoms with Crippen LogP contribution in [0.1, 0.15) is 48.0 Å². The van der Waals surface area contributed by atoms with Crippen LogP contribution < -0.4 is 0 Å². The maximum Gasteiger partial charge on any atom is 0.147 e. The Labute approximate surface area is 94.0 Å². The van der Waals surface area contributed by atoms with E-state index in [1.54, 1.807) is 0 Å². The zero-order valence-electron chi connectivity index (χ0n) is 11.1. The Morgan fingerprint density at radius 2 is 1.67 bits per heavy atom. The molecular weight excluding hydrogens is 186 g/mol. The topological polar surface area (TPSA) is 20.3 Å². The molecule has 1 atom stereocenters. The zero-order valence-corrected chi connectivity index (χ0v) is 11.1. The predicted octanol–water partition coefficient (Wildman–Crippen LogP) is 2.72. The highest BCUT2D eigenvalue weighted by atomic mass is 16.1. The first-order valence-electron chi connectivity index (χ1n) is 5.87. The van der Waals surface area contributed by atoms with E-state index in [-0.39, 0.29) is 11.0 Å². The minimum atomic E-state index is 0.111. The first-order chi connectivity index (χ1) is 6.60. The van der Waals surface area contributed by atoms with Crippen LogP contribution in [0.5, 0.6) is 0 Å². The summed E-state index contributed by atoms with van der Waals surface area (Å²) in [4.78, 5) is 14.0. The number of likely N-dealkylation sites (tertiary alicyclic amines) is 1. The van der Waals surface area contributed by atoms with E-state index in [4.69, 9.17) is 0 Å². The molecule has 0 aliphatic carbocycles. The number of piperidine rings is 1. The molecule has 0 bridgehead atoms. The van der Waals surface area contributed by atoms with E-state index in [1.807, 2.05) is 0 Å². The Morgan fingerprint density at radius 3 is 2.07 bits per heavy atom. The molecule has 1 heterocycles. The summed E-state index contributed by atoms with van der Waals surface area (Å²) in [6.07, 6.45) is 0.760. The largest absolute Gasteiger partial charge is 0.298 e. The minimum Gasteiger partial charge on any atom is -0.298 e. The summed E-state index contributed by atoms with van der Waals surface area (Å²) in [5.74, 6) is 0.897. The summed E-state index contributed by atoms with van der Waals surface area (Å²) >= 11 is 0. The van der Waals surface area contributed by atoms with Gasteiger partial charge >= 0.3 is 0 Å². The SMILES string of the molecule is CC(C)(C)[C@H]1CC(=O)CN(C(C)(C)C)C1. The molecule has 0 spiro atoms. The van der Waals surface area contributed by atoms with Gasteiger partial charge in [-0.05, 0) is 32.1 Å². The average molecular weight is 211 g/mol. The van der Waals surface area contributed by atoms with Crippen LogP contribution in [0.3, 0.4) is 0 Å². The third-order valence-corrected chi connectivity index (χ3v) is 3.46. The predicted molar refractivity (Wildman–Crippen MR) is 63.9 cm³/mol. The van der Waals surface area contributed by atoms with Crippen molar-refractivity contribution < 1.29 is 4.79 Å². The van der Waals surface area contributed by atoms with E-state index in [0.29, 0.717) is 18.2 Å². The Bertz CT molecular complexity index is 220. The van der Waals surface area contributed by atoms with Gasteiger partial charge in [-0.25, -0.2) is 0 Å². The van der Waals surface area contributed by atoms with Crippen molar-refractivity contribution in [3.63, 3.8) is 0 Å². The number of carbonyl (C=O) groups is 1. The molecule has 2 nitrogen and oxygen atoms in total. The van der Waals surface area contributed by atoms with Crippen LogP contribution in [0.15, 0.2) is 0 Å². The normalized spacial score (nSPS) is 25.7. The molecule has 0 aromatic rings. The van der Waals surface area contributed by atoms with Crippen molar-refractivity contribution in [1.29, 1.82) is 0 Å². The summed E-state index contributed by atoms with van der Waals surface area (Å²) in [5, 5.41) is 0. The Balaban J connectivity index is 2.77. The number of rotatable bonds is 0. The van der Waals surface area contributed by atoms with Crippen molar-refractivity contribution in [3.05, 3.63) is 0 Å². The first kappa shape index (κ1) is 12.7. The van der Waals surface area contributed by atoms with Gasteiger partial charge in [0.25, 0.3) is 0 Å². The van der Waals surface area contributed by atoms with Crippen LogP contribution in [0, 0.1) is 11.3 Å². The molecule has 15 heavy (non-hydrogen) atoms. The average Bonchev–Trinajstić information content (AvgIpc) is 1.99. The van der Waals surface area contributed by atoms with Gasteiger partial charge in [0, 0.05) is 18.5 Å². The number of hydrogen-bond donors (Lipinski definition) is 0. The molecule has 1 saturated heterocycles. The Kier molecular flexibility index (Phi) is 3.30. The molecule has 1 fully saturated rings. The summed E-state index contributed by atoms with van der Waals surface area (Å²) < 4.78 is 0. The van der Waals surface area contributed by atoms with Crippen molar-refractivity contribution in [2.75, 3.05) is 13.1 Å². The van der Waals surface area contributed by atoms with Gasteiger partial charge in [-0.3, -0.25) is 9.69 Å². The molecule has 1 aliphatic heterocycles. The van der Waals surface area contributed by atoms with E-state index >= 15 is 0 Å². The molecule has 1 rings (SSSR count).